The first-order valence-electron chi connectivity index (χ1n) is 6.28. The monoisotopic (exact) mass is 261 g/mol. The molecule has 0 radical (unpaired) electrons. The highest BCUT2D eigenvalue weighted by atomic mass is 16.5. The Morgan fingerprint density at radius 2 is 2.26 bits per heavy atom. The summed E-state index contributed by atoms with van der Waals surface area (Å²) in [5.41, 5.74) is 1.14. The number of hydrogen-bond donors (Lipinski definition) is 2. The lowest BCUT2D eigenvalue weighted by atomic mass is 10.1. The van der Waals surface area contributed by atoms with Gasteiger partial charge in [-0.3, -0.25) is 4.79 Å². The molecule has 0 aliphatic rings. The summed E-state index contributed by atoms with van der Waals surface area (Å²) in [5.74, 6) is 5.79. The number of amides is 1. The highest BCUT2D eigenvalue weighted by Crippen LogP contribution is 2.18. The molecule has 0 saturated carbocycles. The van der Waals surface area contributed by atoms with Crippen LogP contribution in [0.25, 0.3) is 0 Å². The van der Waals surface area contributed by atoms with Crippen molar-refractivity contribution in [1.29, 1.82) is 0 Å². The van der Waals surface area contributed by atoms with E-state index in [-0.39, 0.29) is 12.5 Å². The minimum absolute atomic E-state index is 0.122. The number of ether oxygens (including phenoxy) is 1. The molecule has 0 atom stereocenters. The normalized spacial score (nSPS) is 9.42. The number of rotatable bonds is 5. The first-order valence-corrected chi connectivity index (χ1v) is 6.28. The number of benzene rings is 1. The molecule has 1 rings (SSSR count). The molecule has 1 amide bonds. The van der Waals surface area contributed by atoms with Crippen LogP contribution in [0.15, 0.2) is 18.2 Å². The van der Waals surface area contributed by atoms with Crippen LogP contribution in [-0.2, 0) is 0 Å². The Morgan fingerprint density at radius 3 is 2.89 bits per heavy atom. The van der Waals surface area contributed by atoms with Gasteiger partial charge < -0.3 is 15.2 Å². The summed E-state index contributed by atoms with van der Waals surface area (Å²) in [4.78, 5) is 11.9. The van der Waals surface area contributed by atoms with E-state index in [0.717, 1.165) is 12.8 Å². The fourth-order valence-electron chi connectivity index (χ4n) is 1.56. The van der Waals surface area contributed by atoms with Crippen molar-refractivity contribution < 1.29 is 14.6 Å². The van der Waals surface area contributed by atoms with Crippen molar-refractivity contribution in [2.24, 2.45) is 0 Å². The Balaban J connectivity index is 2.88. The molecule has 4 nitrogen and oxygen atoms in total. The van der Waals surface area contributed by atoms with Gasteiger partial charge in [-0.2, -0.15) is 0 Å². The van der Waals surface area contributed by atoms with Crippen molar-refractivity contribution in [2.45, 2.75) is 19.8 Å². The van der Waals surface area contributed by atoms with Gasteiger partial charge in [-0.15, -0.1) is 0 Å². The quantitative estimate of drug-likeness (QED) is 0.625. The molecule has 0 unspecified atom stereocenters. The minimum Gasteiger partial charge on any atom is -0.495 e. The van der Waals surface area contributed by atoms with Gasteiger partial charge in [0.1, 0.15) is 12.4 Å². The van der Waals surface area contributed by atoms with E-state index in [4.69, 9.17) is 9.84 Å². The van der Waals surface area contributed by atoms with Gasteiger partial charge in [0.15, 0.2) is 0 Å². The molecule has 19 heavy (non-hydrogen) atoms. The van der Waals surface area contributed by atoms with Gasteiger partial charge in [0, 0.05) is 12.1 Å². The number of carbonyl (C=O) groups excluding carboxylic acids is 1. The molecule has 0 aliphatic heterocycles. The predicted octanol–water partition coefficient (Wildman–Crippen LogP) is 1.57. The van der Waals surface area contributed by atoms with E-state index in [0.29, 0.717) is 23.4 Å². The summed E-state index contributed by atoms with van der Waals surface area (Å²) in [6.45, 7) is 2.51. The van der Waals surface area contributed by atoms with Crippen molar-refractivity contribution in [3.63, 3.8) is 0 Å². The van der Waals surface area contributed by atoms with Crippen LogP contribution in [0.5, 0.6) is 5.75 Å². The maximum Gasteiger partial charge on any atom is 0.251 e. The zero-order chi connectivity index (χ0) is 14.1. The summed E-state index contributed by atoms with van der Waals surface area (Å²) in [7, 11) is 1.54. The second-order valence-corrected chi connectivity index (χ2v) is 3.98. The fraction of sp³-hybridized carbons (Fsp3) is 0.400. The maximum absolute atomic E-state index is 11.9. The minimum atomic E-state index is -0.226. The first-order chi connectivity index (χ1) is 9.22. The summed E-state index contributed by atoms with van der Waals surface area (Å²) >= 11 is 0. The predicted molar refractivity (Wildman–Crippen MR) is 74.2 cm³/mol. The molecule has 0 spiro atoms. The summed E-state index contributed by atoms with van der Waals surface area (Å²) in [5, 5.41) is 11.6. The van der Waals surface area contributed by atoms with Crippen LogP contribution >= 0.6 is 0 Å². The molecule has 1 aromatic rings. The van der Waals surface area contributed by atoms with Gasteiger partial charge in [-0.05, 0) is 24.6 Å². The number of unbranched alkanes of at least 4 members (excludes halogenated alkanes) is 1. The molecular formula is C15H19NO3. The zero-order valence-corrected chi connectivity index (χ0v) is 11.3. The number of nitrogens with one attached hydrogen (secondary N) is 1. The molecule has 102 valence electrons. The molecule has 0 aliphatic carbocycles. The van der Waals surface area contributed by atoms with Gasteiger partial charge in [0.25, 0.3) is 5.91 Å². The Bertz CT molecular complexity index is 486. The van der Waals surface area contributed by atoms with Gasteiger partial charge in [0.05, 0.1) is 12.7 Å². The van der Waals surface area contributed by atoms with E-state index >= 15 is 0 Å². The first kappa shape index (κ1) is 15.1. The van der Waals surface area contributed by atoms with E-state index in [1.54, 1.807) is 25.3 Å². The third-order valence-electron chi connectivity index (χ3n) is 2.58. The number of aliphatic hydroxyl groups is 1. The van der Waals surface area contributed by atoms with E-state index < -0.39 is 0 Å². The highest BCUT2D eigenvalue weighted by molar-refractivity contribution is 5.94. The summed E-state index contributed by atoms with van der Waals surface area (Å²) in [6.07, 6.45) is 2.00. The largest absolute Gasteiger partial charge is 0.495 e. The highest BCUT2D eigenvalue weighted by Gasteiger charge is 2.08. The lowest BCUT2D eigenvalue weighted by Crippen LogP contribution is -2.24. The van der Waals surface area contributed by atoms with E-state index in [9.17, 15) is 4.79 Å². The van der Waals surface area contributed by atoms with Crippen molar-refractivity contribution in [2.75, 3.05) is 20.3 Å². The smallest absolute Gasteiger partial charge is 0.251 e. The number of hydrogen-bond acceptors (Lipinski definition) is 3. The average Bonchev–Trinajstić information content (AvgIpc) is 2.44. The molecule has 0 fully saturated rings. The third kappa shape index (κ3) is 4.65. The standard InChI is InChI=1S/C15H19NO3/c1-3-4-9-16-15(18)13-7-8-14(19-2)12(11-13)6-5-10-17/h7-8,11,17H,3-4,9-10H2,1-2H3,(H,16,18). The summed E-state index contributed by atoms with van der Waals surface area (Å²) in [6, 6.07) is 5.07. The van der Waals surface area contributed by atoms with Crippen LogP contribution in [0.1, 0.15) is 35.7 Å². The van der Waals surface area contributed by atoms with Gasteiger partial charge in [-0.1, -0.05) is 25.2 Å². The van der Waals surface area contributed by atoms with Crippen LogP contribution in [0.4, 0.5) is 0 Å². The van der Waals surface area contributed by atoms with E-state index in [2.05, 4.69) is 24.1 Å². The van der Waals surface area contributed by atoms with Crippen molar-refractivity contribution in [1.82, 2.24) is 5.32 Å². The number of aliphatic hydroxyl groups excluding tert-OH is 1. The van der Waals surface area contributed by atoms with Crippen molar-refractivity contribution >= 4 is 5.91 Å². The van der Waals surface area contributed by atoms with Gasteiger partial charge in [-0.25, -0.2) is 0 Å². The number of carbonyl (C=O) groups is 1. The van der Waals surface area contributed by atoms with Crippen LogP contribution in [0.3, 0.4) is 0 Å². The Morgan fingerprint density at radius 1 is 1.47 bits per heavy atom. The molecule has 0 saturated heterocycles. The van der Waals surface area contributed by atoms with E-state index in [1.807, 2.05) is 0 Å². The molecule has 4 heteroatoms. The van der Waals surface area contributed by atoms with Crippen molar-refractivity contribution in [3.8, 4) is 17.6 Å². The Hall–Kier alpha value is -1.99. The molecule has 0 aromatic heterocycles. The fourth-order valence-corrected chi connectivity index (χ4v) is 1.56. The summed E-state index contributed by atoms with van der Waals surface area (Å²) < 4.78 is 5.16. The Kier molecular flexibility index (Phi) is 6.48. The zero-order valence-electron chi connectivity index (χ0n) is 11.3. The second kappa shape index (κ2) is 8.17. The number of methoxy groups -OCH3 is 1. The maximum atomic E-state index is 11.9. The topological polar surface area (TPSA) is 58.6 Å². The second-order valence-electron chi connectivity index (χ2n) is 3.98. The third-order valence-corrected chi connectivity index (χ3v) is 2.58. The molecule has 0 heterocycles. The Labute approximate surface area is 113 Å². The average molecular weight is 261 g/mol. The molecule has 0 bridgehead atoms. The van der Waals surface area contributed by atoms with Crippen LogP contribution < -0.4 is 10.1 Å². The lowest BCUT2D eigenvalue weighted by Gasteiger charge is -2.07. The van der Waals surface area contributed by atoms with Crippen molar-refractivity contribution in [3.05, 3.63) is 29.3 Å². The van der Waals surface area contributed by atoms with Crippen LogP contribution in [0.2, 0.25) is 0 Å². The molecular weight excluding hydrogens is 242 g/mol. The SMILES string of the molecule is CCCCNC(=O)c1ccc(OC)c(C#CCO)c1. The molecule has 2 N–H and O–H groups in total. The van der Waals surface area contributed by atoms with Crippen LogP contribution in [0, 0.1) is 11.8 Å². The molecule has 1 aromatic carbocycles. The van der Waals surface area contributed by atoms with Gasteiger partial charge >= 0.3 is 0 Å². The van der Waals surface area contributed by atoms with Gasteiger partial charge in [0.2, 0.25) is 0 Å². The lowest BCUT2D eigenvalue weighted by molar-refractivity contribution is 0.0953. The van der Waals surface area contributed by atoms with E-state index in [1.165, 1.54) is 0 Å². The van der Waals surface area contributed by atoms with Crippen LogP contribution in [-0.4, -0.2) is 31.3 Å².